The zero-order valence-electron chi connectivity index (χ0n) is 14.1. The van der Waals surface area contributed by atoms with E-state index < -0.39 is 17.7 Å². The Morgan fingerprint density at radius 1 is 1.36 bits per heavy atom. The van der Waals surface area contributed by atoms with Crippen molar-refractivity contribution in [3.05, 3.63) is 46.4 Å². The van der Waals surface area contributed by atoms with Crippen LogP contribution in [0.3, 0.4) is 0 Å². The number of rotatable bonds is 8. The molecule has 0 aromatic heterocycles. The minimum Gasteiger partial charge on any atom is -0.469 e. The van der Waals surface area contributed by atoms with Gasteiger partial charge < -0.3 is 15.8 Å². The summed E-state index contributed by atoms with van der Waals surface area (Å²) in [6, 6.07) is 3.79. The fraction of sp³-hybridized carbons (Fsp3) is 0.353. The molecule has 1 aromatic carbocycles. The summed E-state index contributed by atoms with van der Waals surface area (Å²) < 4.78 is 18.4. The number of aliphatic imine (C=N–C) groups is 1. The first-order valence-electron chi connectivity index (χ1n) is 7.71. The molecule has 0 heterocycles. The number of halogens is 2. The van der Waals surface area contributed by atoms with Crippen LogP contribution in [-0.2, 0) is 9.53 Å². The van der Waals surface area contributed by atoms with E-state index in [-0.39, 0.29) is 23.6 Å². The first-order chi connectivity index (χ1) is 11.9. The molecular weight excluding hydrogens is 349 g/mol. The number of allylic oxidation sites excluding steroid dienone is 1. The molecule has 8 heteroatoms. The third-order valence-corrected chi connectivity index (χ3v) is 3.45. The van der Waals surface area contributed by atoms with Gasteiger partial charge in [-0.3, -0.25) is 14.6 Å². The number of carbonyl (C=O) groups is 2. The second-order valence-corrected chi connectivity index (χ2v) is 5.46. The molecule has 0 atom stereocenters. The van der Waals surface area contributed by atoms with Crippen molar-refractivity contribution >= 4 is 29.2 Å². The van der Waals surface area contributed by atoms with Crippen LogP contribution in [0.15, 0.2) is 34.4 Å². The van der Waals surface area contributed by atoms with Crippen LogP contribution in [0.2, 0.25) is 0 Å². The van der Waals surface area contributed by atoms with E-state index in [1.165, 1.54) is 19.2 Å². The molecule has 6 nitrogen and oxygen atoms in total. The molecule has 0 unspecified atom stereocenters. The number of amides is 1. The Balaban J connectivity index is 3.04. The number of nitrogens with one attached hydrogen (secondary N) is 1. The number of carbonyl (C=O) groups excluding carboxylic acids is 2. The molecule has 0 bridgehead atoms. The van der Waals surface area contributed by atoms with E-state index in [1.54, 1.807) is 0 Å². The van der Waals surface area contributed by atoms with E-state index >= 15 is 0 Å². The maximum Gasteiger partial charge on any atom is 0.307 e. The first-order valence-corrected chi connectivity index (χ1v) is 8.08. The highest BCUT2D eigenvalue weighted by atomic mass is 35.5. The maximum absolute atomic E-state index is 13.9. The summed E-state index contributed by atoms with van der Waals surface area (Å²) in [5, 5.41) is 2.69. The minimum atomic E-state index is -0.610. The Bertz CT molecular complexity index is 690. The van der Waals surface area contributed by atoms with E-state index in [9.17, 15) is 14.0 Å². The lowest BCUT2D eigenvalue weighted by atomic mass is 10.0. The zero-order chi connectivity index (χ0) is 18.8. The topological polar surface area (TPSA) is 93.8 Å². The van der Waals surface area contributed by atoms with E-state index in [0.29, 0.717) is 17.8 Å². The third-order valence-electron chi connectivity index (χ3n) is 3.14. The highest BCUT2D eigenvalue weighted by molar-refractivity contribution is 6.46. The number of hydrogen-bond donors (Lipinski definition) is 2. The summed E-state index contributed by atoms with van der Waals surface area (Å²) in [6.45, 7) is 2.50. The second-order valence-electron chi connectivity index (χ2n) is 5.06. The van der Waals surface area contributed by atoms with Gasteiger partial charge in [0.05, 0.1) is 24.3 Å². The van der Waals surface area contributed by atoms with Crippen LogP contribution in [0.1, 0.15) is 35.7 Å². The van der Waals surface area contributed by atoms with Crippen LogP contribution in [0, 0.1) is 5.82 Å². The molecule has 0 saturated heterocycles. The van der Waals surface area contributed by atoms with Gasteiger partial charge in [-0.1, -0.05) is 18.5 Å². The Morgan fingerprint density at radius 3 is 2.64 bits per heavy atom. The molecule has 1 amide bonds. The average Bonchev–Trinajstić information content (AvgIpc) is 2.60. The molecular formula is C17H21ClFN3O3. The molecule has 136 valence electrons. The van der Waals surface area contributed by atoms with E-state index in [0.717, 1.165) is 18.7 Å². The quantitative estimate of drug-likeness (QED) is 0.543. The highest BCUT2D eigenvalue weighted by Gasteiger charge is 2.14. The molecule has 0 radical (unpaired) electrons. The van der Waals surface area contributed by atoms with Crippen molar-refractivity contribution in [3.63, 3.8) is 0 Å². The zero-order valence-corrected chi connectivity index (χ0v) is 14.9. The molecule has 0 spiro atoms. The van der Waals surface area contributed by atoms with Crippen molar-refractivity contribution in [3.8, 4) is 0 Å². The van der Waals surface area contributed by atoms with Crippen molar-refractivity contribution in [1.29, 1.82) is 0 Å². The first kappa shape index (κ1) is 20.6. The predicted octanol–water partition coefficient (Wildman–Crippen LogP) is 2.36. The lowest BCUT2D eigenvalue weighted by Crippen LogP contribution is -2.26. The minimum absolute atomic E-state index is 0.0232. The summed E-state index contributed by atoms with van der Waals surface area (Å²) in [4.78, 5) is 27.5. The number of nitrogens with two attached hydrogens (primary N) is 1. The van der Waals surface area contributed by atoms with Crippen molar-refractivity contribution in [2.24, 2.45) is 10.7 Å². The number of hydrogen-bond acceptors (Lipinski definition) is 5. The normalized spacial score (nSPS) is 12.0. The van der Waals surface area contributed by atoms with Gasteiger partial charge in [-0.2, -0.15) is 0 Å². The second kappa shape index (κ2) is 10.5. The van der Waals surface area contributed by atoms with Crippen LogP contribution in [0.5, 0.6) is 0 Å². The summed E-state index contributed by atoms with van der Waals surface area (Å²) in [5.74, 6) is -1.58. The fourth-order valence-electron chi connectivity index (χ4n) is 1.95. The van der Waals surface area contributed by atoms with Crippen LogP contribution in [-0.4, -0.2) is 37.8 Å². The third kappa shape index (κ3) is 6.54. The number of nitrogens with zero attached hydrogens (tertiary/aromatic N) is 1. The number of methoxy groups -OCH3 is 1. The maximum atomic E-state index is 13.9. The van der Waals surface area contributed by atoms with Crippen LogP contribution in [0.25, 0.3) is 0 Å². The van der Waals surface area contributed by atoms with Crippen LogP contribution in [0.4, 0.5) is 4.39 Å². The van der Waals surface area contributed by atoms with Crippen LogP contribution < -0.4 is 11.1 Å². The fourth-order valence-corrected chi connectivity index (χ4v) is 2.12. The van der Waals surface area contributed by atoms with Crippen LogP contribution >= 0.6 is 11.6 Å². The van der Waals surface area contributed by atoms with Gasteiger partial charge in [0.15, 0.2) is 0 Å². The van der Waals surface area contributed by atoms with Crippen molar-refractivity contribution in [2.45, 2.75) is 19.8 Å². The van der Waals surface area contributed by atoms with Gasteiger partial charge in [0.1, 0.15) is 5.82 Å². The predicted molar refractivity (Wildman–Crippen MR) is 95.2 cm³/mol. The molecule has 25 heavy (non-hydrogen) atoms. The SMILES string of the molecule is CCCN=C(C(Cl)=CN)c1cc(F)cc(C(=O)NCCC(=O)OC)c1. The number of benzene rings is 1. The molecule has 0 aliphatic heterocycles. The lowest BCUT2D eigenvalue weighted by molar-refractivity contribution is -0.140. The van der Waals surface area contributed by atoms with E-state index in [1.807, 2.05) is 6.92 Å². The van der Waals surface area contributed by atoms with Crippen molar-refractivity contribution in [1.82, 2.24) is 5.32 Å². The number of ether oxygens (including phenoxy) is 1. The van der Waals surface area contributed by atoms with Gasteiger partial charge in [0.25, 0.3) is 5.91 Å². The summed E-state index contributed by atoms with van der Waals surface area (Å²) in [7, 11) is 1.26. The summed E-state index contributed by atoms with van der Waals surface area (Å²) in [5.41, 5.74) is 6.18. The van der Waals surface area contributed by atoms with Gasteiger partial charge in [0, 0.05) is 30.4 Å². The van der Waals surface area contributed by atoms with Gasteiger partial charge in [-0.25, -0.2) is 4.39 Å². The Kier molecular flexibility index (Phi) is 8.63. The molecule has 0 saturated carbocycles. The molecule has 0 aliphatic rings. The molecule has 1 rings (SSSR count). The van der Waals surface area contributed by atoms with Crippen molar-refractivity contribution < 1.29 is 18.7 Å². The van der Waals surface area contributed by atoms with E-state index in [4.69, 9.17) is 17.3 Å². The highest BCUT2D eigenvalue weighted by Crippen LogP contribution is 2.17. The largest absolute Gasteiger partial charge is 0.469 e. The average molecular weight is 370 g/mol. The molecule has 1 aromatic rings. The van der Waals surface area contributed by atoms with Crippen molar-refractivity contribution in [2.75, 3.05) is 20.2 Å². The number of esters is 1. The molecule has 0 aliphatic carbocycles. The monoisotopic (exact) mass is 369 g/mol. The molecule has 0 fully saturated rings. The Labute approximate surface area is 150 Å². The smallest absolute Gasteiger partial charge is 0.307 e. The van der Waals surface area contributed by atoms with E-state index in [2.05, 4.69) is 15.0 Å². The van der Waals surface area contributed by atoms with Gasteiger partial charge in [-0.15, -0.1) is 0 Å². The summed E-state index contributed by atoms with van der Waals surface area (Å²) in [6.07, 6.45) is 1.96. The summed E-state index contributed by atoms with van der Waals surface area (Å²) >= 11 is 6.05. The standard InChI is InChI=1S/C17H21ClFN3O3/c1-3-5-21-16(14(18)10-20)11-7-12(9-13(19)8-11)17(24)22-6-4-15(23)25-2/h7-10H,3-6,20H2,1-2H3,(H,22,24). The Hall–Kier alpha value is -2.41. The van der Waals surface area contributed by atoms with Gasteiger partial charge in [0.2, 0.25) is 0 Å². The van der Waals surface area contributed by atoms with Gasteiger partial charge in [-0.05, 0) is 24.6 Å². The van der Waals surface area contributed by atoms with Gasteiger partial charge >= 0.3 is 5.97 Å². The Morgan fingerprint density at radius 2 is 2.04 bits per heavy atom. The lowest BCUT2D eigenvalue weighted by Gasteiger charge is -2.09. The molecule has 3 N–H and O–H groups in total.